The van der Waals surface area contributed by atoms with Crippen LogP contribution in [0.2, 0.25) is 0 Å². The van der Waals surface area contributed by atoms with E-state index in [9.17, 15) is 34.4 Å². The maximum atomic E-state index is 14.0. The Morgan fingerprint density at radius 1 is 0.547 bits per heavy atom. The standard InChI is InChI=1S/C23H25F2N3O2S2.C22H23F2N3O3S2/c1-2-4-17-7-9-18(10-8-17)15-19-16-31-23(26-19)27-11-13-28(14-12-27)32(29,30)22-20(24)5-3-6-21(22)25;1-2-30-18-8-6-16(7-9-18)14-17-15-31-22(25-17)26-10-12-27(13-11-26)32(28,29)21-19(23)4-3-5-20(21)24/h3,5-10,16H,2,4,11-15H2,1H3;3-9,15H,2,10-14H2,1H3. The molecule has 4 aromatic carbocycles. The molecule has 2 fully saturated rings. The molecule has 6 aromatic rings. The lowest BCUT2D eigenvalue weighted by molar-refractivity contribution is 0.340. The van der Waals surface area contributed by atoms with E-state index in [4.69, 9.17) is 9.72 Å². The summed E-state index contributed by atoms with van der Waals surface area (Å²) < 4.78 is 115. The molecular formula is C45H48F4N6O5S4. The highest BCUT2D eigenvalue weighted by atomic mass is 32.2. The molecule has 0 spiro atoms. The number of hydrogen-bond donors (Lipinski definition) is 0. The van der Waals surface area contributed by atoms with Crippen molar-refractivity contribution in [3.63, 3.8) is 0 Å². The lowest BCUT2D eigenvalue weighted by Crippen LogP contribution is -2.49. The number of aryl methyl sites for hydroxylation is 1. The number of anilines is 2. The quantitative estimate of drug-likeness (QED) is 0.0994. The van der Waals surface area contributed by atoms with Gasteiger partial charge in [0.05, 0.1) is 18.0 Å². The smallest absolute Gasteiger partial charge is 0.249 e. The zero-order valence-corrected chi connectivity index (χ0v) is 38.6. The van der Waals surface area contributed by atoms with Crippen molar-refractivity contribution in [3.05, 3.63) is 147 Å². The van der Waals surface area contributed by atoms with Gasteiger partial charge in [0.2, 0.25) is 20.0 Å². The van der Waals surface area contributed by atoms with Crippen molar-refractivity contribution in [1.29, 1.82) is 0 Å². The Bertz CT molecular complexity index is 2490. The van der Waals surface area contributed by atoms with Crippen LogP contribution in [0.15, 0.2) is 105 Å². The highest BCUT2D eigenvalue weighted by Crippen LogP contribution is 2.29. The summed E-state index contributed by atoms with van der Waals surface area (Å²) in [5.41, 5.74) is 5.55. The predicted molar refractivity (Wildman–Crippen MR) is 243 cm³/mol. The minimum Gasteiger partial charge on any atom is -0.494 e. The minimum atomic E-state index is -4.24. The first-order valence-corrected chi connectivity index (χ1v) is 25.5. The summed E-state index contributed by atoms with van der Waals surface area (Å²) in [6.45, 7) is 6.88. The molecule has 64 heavy (non-hydrogen) atoms. The van der Waals surface area contributed by atoms with Gasteiger partial charge in [-0.2, -0.15) is 8.61 Å². The molecule has 0 saturated carbocycles. The van der Waals surface area contributed by atoms with Crippen LogP contribution in [0.5, 0.6) is 5.75 Å². The van der Waals surface area contributed by atoms with E-state index < -0.39 is 53.1 Å². The number of aromatic nitrogens is 2. The first-order valence-electron chi connectivity index (χ1n) is 20.8. The number of thiazole rings is 2. The second-order valence-electron chi connectivity index (χ2n) is 15.1. The fourth-order valence-corrected chi connectivity index (χ4v) is 12.2. The lowest BCUT2D eigenvalue weighted by atomic mass is 10.1. The van der Waals surface area contributed by atoms with Crippen molar-refractivity contribution in [1.82, 2.24) is 18.6 Å². The first-order chi connectivity index (χ1) is 30.8. The highest BCUT2D eigenvalue weighted by Gasteiger charge is 2.35. The zero-order valence-electron chi connectivity index (χ0n) is 35.3. The fourth-order valence-electron chi connectivity index (χ4n) is 7.40. The summed E-state index contributed by atoms with van der Waals surface area (Å²) in [6, 6.07) is 22.6. The van der Waals surface area contributed by atoms with Gasteiger partial charge in [-0.05, 0) is 66.4 Å². The van der Waals surface area contributed by atoms with Gasteiger partial charge in [0.25, 0.3) is 0 Å². The number of rotatable bonds is 14. The summed E-state index contributed by atoms with van der Waals surface area (Å²) in [5.74, 6) is -3.46. The molecule has 8 rings (SSSR count). The van der Waals surface area contributed by atoms with Crippen LogP contribution in [-0.4, -0.2) is 94.4 Å². The van der Waals surface area contributed by atoms with E-state index in [1.54, 1.807) is 0 Å². The molecule has 0 aliphatic carbocycles. The molecule has 19 heteroatoms. The average Bonchev–Trinajstić information content (AvgIpc) is 3.95. The number of nitrogens with zero attached hydrogens (tertiary/aromatic N) is 6. The van der Waals surface area contributed by atoms with Crippen LogP contribution >= 0.6 is 22.7 Å². The van der Waals surface area contributed by atoms with Crippen molar-refractivity contribution < 1.29 is 39.1 Å². The highest BCUT2D eigenvalue weighted by molar-refractivity contribution is 7.89. The van der Waals surface area contributed by atoms with Gasteiger partial charge in [-0.25, -0.2) is 44.4 Å². The molecule has 2 aromatic heterocycles. The Labute approximate surface area is 379 Å². The molecule has 0 bridgehead atoms. The number of ether oxygens (including phenoxy) is 1. The third kappa shape index (κ3) is 11.1. The maximum Gasteiger partial charge on any atom is 0.249 e. The lowest BCUT2D eigenvalue weighted by Gasteiger charge is -2.33. The van der Waals surface area contributed by atoms with Gasteiger partial charge in [0, 0.05) is 76.0 Å². The molecule has 2 saturated heterocycles. The van der Waals surface area contributed by atoms with Crippen LogP contribution in [0.25, 0.3) is 0 Å². The first kappa shape index (κ1) is 47.1. The summed E-state index contributed by atoms with van der Waals surface area (Å²) in [5, 5.41) is 5.65. The van der Waals surface area contributed by atoms with E-state index in [2.05, 4.69) is 36.2 Å². The Morgan fingerprint density at radius 2 is 0.922 bits per heavy atom. The summed E-state index contributed by atoms with van der Waals surface area (Å²) >= 11 is 3.02. The van der Waals surface area contributed by atoms with Crippen molar-refractivity contribution in [2.24, 2.45) is 0 Å². The molecule has 2 aliphatic rings. The van der Waals surface area contributed by atoms with E-state index in [1.165, 1.54) is 33.8 Å². The number of hydrogen-bond acceptors (Lipinski definition) is 11. The van der Waals surface area contributed by atoms with Crippen LogP contribution < -0.4 is 14.5 Å². The molecule has 4 heterocycles. The van der Waals surface area contributed by atoms with Crippen LogP contribution in [0.1, 0.15) is 48.3 Å². The molecule has 0 radical (unpaired) electrons. The van der Waals surface area contributed by atoms with Gasteiger partial charge in [0.15, 0.2) is 20.1 Å². The maximum absolute atomic E-state index is 14.0. The number of halogens is 4. The van der Waals surface area contributed by atoms with E-state index in [0.29, 0.717) is 39.2 Å². The third-order valence-corrected chi connectivity index (χ3v) is 16.5. The Balaban J connectivity index is 0.000000191. The van der Waals surface area contributed by atoms with E-state index >= 15 is 0 Å². The molecule has 0 atom stereocenters. The molecule has 2 aliphatic heterocycles. The van der Waals surface area contributed by atoms with E-state index in [-0.39, 0.29) is 26.2 Å². The molecule has 11 nitrogen and oxygen atoms in total. The largest absolute Gasteiger partial charge is 0.494 e. The molecular weight excluding hydrogens is 909 g/mol. The number of benzene rings is 4. The Hall–Kier alpha value is -4.92. The van der Waals surface area contributed by atoms with Gasteiger partial charge >= 0.3 is 0 Å². The van der Waals surface area contributed by atoms with Crippen LogP contribution in [0, 0.1) is 23.3 Å². The third-order valence-electron chi connectivity index (χ3n) is 10.7. The van der Waals surface area contributed by atoms with Crippen LogP contribution in [0.4, 0.5) is 27.8 Å². The van der Waals surface area contributed by atoms with E-state index in [0.717, 1.165) is 97.2 Å². The topological polar surface area (TPSA) is 116 Å². The van der Waals surface area contributed by atoms with Crippen LogP contribution in [-0.2, 0) is 39.3 Å². The minimum absolute atomic E-state index is 0.129. The Morgan fingerprint density at radius 3 is 1.30 bits per heavy atom. The van der Waals surface area contributed by atoms with Crippen LogP contribution in [0.3, 0.4) is 0 Å². The summed E-state index contributed by atoms with van der Waals surface area (Å²) in [7, 11) is -8.48. The SMILES string of the molecule is CCCc1ccc(Cc2csc(N3CCN(S(=O)(=O)c4c(F)cccc4F)CC3)n2)cc1.CCOc1ccc(Cc2csc(N3CCN(S(=O)(=O)c4c(F)cccc4F)CC3)n2)cc1. The molecule has 340 valence electrons. The summed E-state index contributed by atoms with van der Waals surface area (Å²) in [6.07, 6.45) is 3.62. The fraction of sp³-hybridized carbons (Fsp3) is 0.333. The van der Waals surface area contributed by atoms with Crippen molar-refractivity contribution in [3.8, 4) is 5.75 Å². The van der Waals surface area contributed by atoms with Crippen molar-refractivity contribution in [2.75, 3.05) is 68.8 Å². The molecule has 0 N–H and O–H groups in total. The van der Waals surface area contributed by atoms with Gasteiger partial charge in [-0.15, -0.1) is 22.7 Å². The van der Waals surface area contributed by atoms with E-state index in [1.807, 2.05) is 51.7 Å². The van der Waals surface area contributed by atoms with Gasteiger partial charge in [-0.1, -0.05) is 61.9 Å². The second-order valence-corrected chi connectivity index (χ2v) is 20.5. The van der Waals surface area contributed by atoms with Gasteiger partial charge in [0.1, 0.15) is 29.0 Å². The summed E-state index contributed by atoms with van der Waals surface area (Å²) in [4.78, 5) is 11.6. The zero-order chi connectivity index (χ0) is 45.4. The Kier molecular flexibility index (Phi) is 15.4. The second kappa shape index (κ2) is 20.9. The molecule has 0 unspecified atom stereocenters. The van der Waals surface area contributed by atoms with Gasteiger partial charge in [-0.3, -0.25) is 0 Å². The van der Waals surface area contributed by atoms with Crippen molar-refractivity contribution >= 4 is 53.0 Å². The normalized spacial score (nSPS) is 15.2. The number of sulfonamides is 2. The average molecular weight is 957 g/mol. The monoisotopic (exact) mass is 956 g/mol. The predicted octanol–water partition coefficient (Wildman–Crippen LogP) is 8.40. The number of piperazine rings is 2. The van der Waals surface area contributed by atoms with Crippen molar-refractivity contribution in [2.45, 2.75) is 49.3 Å². The van der Waals surface area contributed by atoms with Gasteiger partial charge < -0.3 is 14.5 Å². The molecule has 0 amide bonds.